The second kappa shape index (κ2) is 13.6. The van der Waals surface area contributed by atoms with Crippen LogP contribution in [0.15, 0.2) is 66.7 Å². The number of aliphatic hydroxyl groups excluding tert-OH is 1. The lowest BCUT2D eigenvalue weighted by Gasteiger charge is -2.66. The largest absolute Gasteiger partial charge is 0.465 e. The highest BCUT2D eigenvalue weighted by Crippen LogP contribution is 2.69. The molecule has 13 heteroatoms. The monoisotopic (exact) mass is 694 g/mol. The molecule has 2 saturated carbocycles. The van der Waals surface area contributed by atoms with Gasteiger partial charge in [0.2, 0.25) is 0 Å². The van der Waals surface area contributed by atoms with Gasteiger partial charge in [0.05, 0.1) is 28.8 Å². The van der Waals surface area contributed by atoms with Crippen LogP contribution >= 0.6 is 0 Å². The van der Waals surface area contributed by atoms with Crippen LogP contribution in [0.5, 0.6) is 0 Å². The van der Waals surface area contributed by atoms with Crippen LogP contribution < -0.4 is 0 Å². The minimum atomic E-state index is -2.29. The van der Waals surface area contributed by atoms with Crippen molar-refractivity contribution in [2.24, 2.45) is 11.3 Å². The topological polar surface area (TPSA) is 181 Å². The van der Waals surface area contributed by atoms with Gasteiger partial charge in [-0.1, -0.05) is 48.5 Å². The molecule has 3 aliphatic rings. The second-order valence-electron chi connectivity index (χ2n) is 13.7. The predicted molar refractivity (Wildman–Crippen MR) is 174 cm³/mol. The number of rotatable bonds is 9. The van der Waals surface area contributed by atoms with Crippen molar-refractivity contribution in [3.8, 4) is 0 Å². The Hall–Kier alpha value is -4.59. The maximum absolute atomic E-state index is 13.9. The lowest BCUT2D eigenvalue weighted by molar-refractivity contribution is -0.362. The molecule has 0 aromatic heterocycles. The van der Waals surface area contributed by atoms with Gasteiger partial charge in [-0.25, -0.2) is 9.59 Å². The molecule has 1 heterocycles. The first-order valence-electron chi connectivity index (χ1n) is 16.2. The van der Waals surface area contributed by atoms with E-state index in [1.165, 1.54) is 25.1 Å². The number of aliphatic hydroxyl groups is 2. The van der Waals surface area contributed by atoms with Gasteiger partial charge in [-0.2, -0.15) is 0 Å². The van der Waals surface area contributed by atoms with Crippen molar-refractivity contribution in [1.82, 2.24) is 0 Å². The van der Waals surface area contributed by atoms with E-state index in [0.29, 0.717) is 5.56 Å². The van der Waals surface area contributed by atoms with Gasteiger partial charge < -0.3 is 38.6 Å². The van der Waals surface area contributed by atoms with E-state index in [4.69, 9.17) is 28.4 Å². The molecule has 2 N–H and O–H groups in total. The summed E-state index contributed by atoms with van der Waals surface area (Å²) in [4.78, 5) is 65.6. The van der Waals surface area contributed by atoms with Gasteiger partial charge in [-0.3, -0.25) is 14.4 Å². The summed E-state index contributed by atoms with van der Waals surface area (Å²) < 4.78 is 36.3. The molecule has 2 aliphatic carbocycles. The number of esters is 5. The first-order valence-corrected chi connectivity index (χ1v) is 16.2. The Kier molecular flexibility index (Phi) is 9.99. The quantitative estimate of drug-likeness (QED) is 0.222. The Morgan fingerprint density at radius 2 is 1.42 bits per heavy atom. The molecule has 1 aliphatic heterocycles. The standard InChI is InChI=1S/C37H42O13/c1-21(38)45-20-36-31(48-27(41)18-17-24-13-9-7-10-14-24)26(46-22(2)39)19-35(6,44)37(36)30(42)28(34(4,5)50-37)29(47-23(3)40)32(36)49-33(43)25-15-11-8-12-16-25/h7-18,26,28-32,42,44H,19-20H2,1-6H3/b18-17-/t26-,28+,29-,30+,31-,32+,35-,36-,37-/m0/s1. The van der Waals surface area contributed by atoms with E-state index < -0.39 is 102 Å². The summed E-state index contributed by atoms with van der Waals surface area (Å²) in [6.45, 7) is 7.06. The predicted octanol–water partition coefficient (Wildman–Crippen LogP) is 2.94. The van der Waals surface area contributed by atoms with Crippen molar-refractivity contribution >= 4 is 35.9 Å². The molecule has 0 radical (unpaired) electrons. The molecule has 268 valence electrons. The highest BCUT2D eigenvalue weighted by Gasteiger charge is 2.88. The zero-order valence-electron chi connectivity index (χ0n) is 28.7. The number of carbonyl (C=O) groups is 5. The summed E-state index contributed by atoms with van der Waals surface area (Å²) in [6.07, 6.45) is -6.04. The summed E-state index contributed by atoms with van der Waals surface area (Å²) in [5.41, 5.74) is -7.37. The second-order valence-corrected chi connectivity index (χ2v) is 13.7. The molecule has 13 nitrogen and oxygen atoms in total. The normalized spacial score (nSPS) is 33.8. The maximum Gasteiger partial charge on any atom is 0.338 e. The number of ether oxygens (including phenoxy) is 6. The number of carbonyl (C=O) groups excluding carboxylic acids is 5. The van der Waals surface area contributed by atoms with Gasteiger partial charge in [0.1, 0.15) is 29.8 Å². The molecule has 2 bridgehead atoms. The van der Waals surface area contributed by atoms with Gasteiger partial charge in [0.25, 0.3) is 0 Å². The highest BCUT2D eigenvalue weighted by atomic mass is 16.6. The average molecular weight is 695 g/mol. The minimum Gasteiger partial charge on any atom is -0.465 e. The molecule has 1 spiro atoms. The summed E-state index contributed by atoms with van der Waals surface area (Å²) in [7, 11) is 0. The van der Waals surface area contributed by atoms with E-state index in [9.17, 15) is 34.2 Å². The lowest BCUT2D eigenvalue weighted by atomic mass is 9.45. The zero-order chi connectivity index (χ0) is 36.6. The van der Waals surface area contributed by atoms with Crippen molar-refractivity contribution < 1.29 is 62.6 Å². The Bertz CT molecular complexity index is 1650. The molecule has 1 saturated heterocycles. The van der Waals surface area contributed by atoms with Crippen molar-refractivity contribution in [3.05, 3.63) is 77.9 Å². The fourth-order valence-electron chi connectivity index (χ4n) is 8.24. The van der Waals surface area contributed by atoms with E-state index in [1.807, 2.05) is 0 Å². The Morgan fingerprint density at radius 1 is 0.820 bits per heavy atom. The van der Waals surface area contributed by atoms with Crippen LogP contribution in [-0.4, -0.2) is 94.0 Å². The fraction of sp³-hybridized carbons (Fsp3) is 0.486. The van der Waals surface area contributed by atoms with Crippen molar-refractivity contribution in [1.29, 1.82) is 0 Å². The molecular weight excluding hydrogens is 652 g/mol. The van der Waals surface area contributed by atoms with Gasteiger partial charge in [-0.05, 0) is 44.5 Å². The third-order valence-electron chi connectivity index (χ3n) is 9.91. The third-order valence-corrected chi connectivity index (χ3v) is 9.91. The van der Waals surface area contributed by atoms with Crippen LogP contribution in [0.2, 0.25) is 0 Å². The molecule has 2 aromatic carbocycles. The number of benzene rings is 2. The van der Waals surface area contributed by atoms with E-state index in [2.05, 4.69) is 0 Å². The molecule has 5 rings (SSSR count). The SMILES string of the molecule is CC(=O)OC[C@]12[C@H](OC(=O)c3ccccc3)[C@@H](OC(C)=O)[C@@H]3[C@@H](O)[C@]1(OC3(C)C)[C@@](C)(O)C[C@H](OC(C)=O)[C@@H]2OC(=O)/C=C\c1ccccc1. The smallest absolute Gasteiger partial charge is 0.338 e. The molecule has 3 fully saturated rings. The van der Waals surface area contributed by atoms with E-state index in [1.54, 1.807) is 62.4 Å². The van der Waals surface area contributed by atoms with Crippen LogP contribution in [-0.2, 0) is 47.6 Å². The van der Waals surface area contributed by atoms with Crippen molar-refractivity contribution in [3.63, 3.8) is 0 Å². The van der Waals surface area contributed by atoms with Crippen LogP contribution in [0.1, 0.15) is 63.9 Å². The lowest BCUT2D eigenvalue weighted by Crippen LogP contribution is -2.85. The Balaban J connectivity index is 1.81. The average Bonchev–Trinajstić information content (AvgIpc) is 3.22. The number of hydrogen-bond acceptors (Lipinski definition) is 13. The molecule has 2 aromatic rings. The summed E-state index contributed by atoms with van der Waals surface area (Å²) in [6, 6.07) is 16.7. The van der Waals surface area contributed by atoms with E-state index in [0.717, 1.165) is 26.8 Å². The van der Waals surface area contributed by atoms with E-state index in [-0.39, 0.29) is 5.56 Å². The first kappa shape index (κ1) is 36.7. The first-order chi connectivity index (χ1) is 23.5. The van der Waals surface area contributed by atoms with Gasteiger partial charge in [-0.15, -0.1) is 0 Å². The Morgan fingerprint density at radius 3 is 2.00 bits per heavy atom. The van der Waals surface area contributed by atoms with Crippen molar-refractivity contribution in [2.45, 2.75) is 95.3 Å². The molecule has 50 heavy (non-hydrogen) atoms. The van der Waals surface area contributed by atoms with Crippen molar-refractivity contribution in [2.75, 3.05) is 6.61 Å². The highest BCUT2D eigenvalue weighted by molar-refractivity contribution is 5.90. The maximum atomic E-state index is 13.9. The molecular formula is C37H42O13. The Labute approximate surface area is 289 Å². The van der Waals surface area contributed by atoms with Crippen LogP contribution in [0.4, 0.5) is 0 Å². The van der Waals surface area contributed by atoms with Crippen LogP contribution in [0, 0.1) is 11.3 Å². The number of fused-ring (bicyclic) bond motifs is 1. The number of hydrogen-bond donors (Lipinski definition) is 2. The zero-order valence-corrected chi connectivity index (χ0v) is 28.7. The summed E-state index contributed by atoms with van der Waals surface area (Å²) in [5.74, 6) is -5.48. The van der Waals surface area contributed by atoms with Crippen LogP contribution in [0.25, 0.3) is 6.08 Å². The van der Waals surface area contributed by atoms with Gasteiger partial charge in [0.15, 0.2) is 12.2 Å². The minimum absolute atomic E-state index is 0.0860. The van der Waals surface area contributed by atoms with Crippen LogP contribution in [0.3, 0.4) is 0 Å². The van der Waals surface area contributed by atoms with E-state index >= 15 is 0 Å². The fourth-order valence-corrected chi connectivity index (χ4v) is 8.24. The van der Waals surface area contributed by atoms with Gasteiger partial charge >= 0.3 is 29.8 Å². The summed E-state index contributed by atoms with van der Waals surface area (Å²) >= 11 is 0. The molecule has 9 atom stereocenters. The van der Waals surface area contributed by atoms with Gasteiger partial charge in [0, 0.05) is 33.3 Å². The summed E-state index contributed by atoms with van der Waals surface area (Å²) in [5, 5.41) is 24.9. The molecule has 0 amide bonds. The molecule has 0 unspecified atom stereocenters. The third kappa shape index (κ3) is 6.29.